The quantitative estimate of drug-likeness (QED) is 0.611. The molecule has 0 atom stereocenters. The lowest BCUT2D eigenvalue weighted by atomic mass is 10.3. The number of anilines is 3. The van der Waals surface area contributed by atoms with Crippen LogP contribution in [0.3, 0.4) is 0 Å². The Morgan fingerprint density at radius 2 is 2.04 bits per heavy atom. The van der Waals surface area contributed by atoms with Crippen LogP contribution in [-0.4, -0.2) is 37.5 Å². The maximum absolute atomic E-state index is 12.6. The first kappa shape index (κ1) is 15.7. The molecule has 0 saturated heterocycles. The molecular weight excluding hydrogens is 330 g/mol. The van der Waals surface area contributed by atoms with Crippen molar-refractivity contribution in [2.24, 2.45) is 0 Å². The van der Waals surface area contributed by atoms with Gasteiger partial charge in [-0.15, -0.1) is 0 Å². The molecular formula is C18H15N7O. The van der Waals surface area contributed by atoms with Crippen LogP contribution in [0.15, 0.2) is 67.4 Å². The Bertz CT molecular complexity index is 1050. The Labute approximate surface area is 149 Å². The van der Waals surface area contributed by atoms with E-state index >= 15 is 0 Å². The van der Waals surface area contributed by atoms with Crippen LogP contribution < -0.4 is 10.2 Å². The highest BCUT2D eigenvalue weighted by Gasteiger charge is 2.16. The van der Waals surface area contributed by atoms with Crippen LogP contribution in [-0.2, 0) is 0 Å². The van der Waals surface area contributed by atoms with E-state index < -0.39 is 0 Å². The fourth-order valence-electron chi connectivity index (χ4n) is 2.51. The van der Waals surface area contributed by atoms with Gasteiger partial charge >= 0.3 is 0 Å². The summed E-state index contributed by atoms with van der Waals surface area (Å²) in [4.78, 5) is 27.3. The van der Waals surface area contributed by atoms with Gasteiger partial charge in [0.15, 0.2) is 5.65 Å². The molecule has 0 aliphatic heterocycles. The van der Waals surface area contributed by atoms with Crippen molar-refractivity contribution in [1.29, 1.82) is 0 Å². The zero-order valence-electron chi connectivity index (χ0n) is 13.9. The van der Waals surface area contributed by atoms with Gasteiger partial charge in [0.2, 0.25) is 0 Å². The Balaban J connectivity index is 1.67. The molecule has 0 spiro atoms. The van der Waals surface area contributed by atoms with E-state index in [0.29, 0.717) is 22.8 Å². The summed E-state index contributed by atoms with van der Waals surface area (Å²) in [6.45, 7) is 0. The number of carbonyl (C=O) groups excluding carboxylic acids is 1. The molecule has 128 valence electrons. The van der Waals surface area contributed by atoms with Gasteiger partial charge in [-0.2, -0.15) is 5.10 Å². The van der Waals surface area contributed by atoms with E-state index in [1.54, 1.807) is 47.5 Å². The molecule has 0 bridgehead atoms. The molecule has 4 aromatic rings. The normalized spacial score (nSPS) is 10.7. The van der Waals surface area contributed by atoms with E-state index in [2.05, 4.69) is 25.4 Å². The first-order chi connectivity index (χ1) is 12.7. The van der Waals surface area contributed by atoms with Crippen LogP contribution in [0.2, 0.25) is 0 Å². The van der Waals surface area contributed by atoms with Crippen molar-refractivity contribution in [3.8, 4) is 0 Å². The van der Waals surface area contributed by atoms with E-state index in [-0.39, 0.29) is 5.91 Å². The maximum Gasteiger partial charge on any atom is 0.262 e. The van der Waals surface area contributed by atoms with E-state index in [9.17, 15) is 4.79 Å². The predicted molar refractivity (Wildman–Crippen MR) is 97.5 cm³/mol. The first-order valence-electron chi connectivity index (χ1n) is 7.93. The summed E-state index contributed by atoms with van der Waals surface area (Å²) in [7, 11) is 1.89. The number of nitrogens with one attached hydrogen (secondary N) is 1. The third kappa shape index (κ3) is 2.95. The van der Waals surface area contributed by atoms with Gasteiger partial charge in [-0.3, -0.25) is 9.78 Å². The van der Waals surface area contributed by atoms with Gasteiger partial charge in [0.05, 0.1) is 18.1 Å². The number of carbonyl (C=O) groups is 1. The summed E-state index contributed by atoms with van der Waals surface area (Å²) in [5.74, 6) is 0.839. The molecule has 26 heavy (non-hydrogen) atoms. The summed E-state index contributed by atoms with van der Waals surface area (Å²) in [6, 6.07) is 10.9. The number of hydrogen-bond donors (Lipinski definition) is 1. The summed E-state index contributed by atoms with van der Waals surface area (Å²) in [5.41, 5.74) is 1.73. The molecule has 4 heterocycles. The number of aromatic nitrogens is 5. The number of amides is 1. The second-order valence-electron chi connectivity index (χ2n) is 5.55. The predicted octanol–water partition coefficient (Wildman–Crippen LogP) is 2.54. The highest BCUT2D eigenvalue weighted by Crippen LogP contribution is 2.22. The molecule has 0 aliphatic carbocycles. The Morgan fingerprint density at radius 3 is 2.81 bits per heavy atom. The first-order valence-corrected chi connectivity index (χ1v) is 7.93. The minimum Gasteiger partial charge on any atom is -0.328 e. The van der Waals surface area contributed by atoms with Gasteiger partial charge in [0.1, 0.15) is 17.2 Å². The van der Waals surface area contributed by atoms with Gasteiger partial charge in [0.25, 0.3) is 5.91 Å². The molecule has 1 N–H and O–H groups in total. The fraction of sp³-hybridized carbons (Fsp3) is 0.0556. The van der Waals surface area contributed by atoms with E-state index in [0.717, 1.165) is 5.69 Å². The molecule has 0 saturated carbocycles. The van der Waals surface area contributed by atoms with Crippen LogP contribution in [0, 0.1) is 0 Å². The van der Waals surface area contributed by atoms with Crippen molar-refractivity contribution >= 4 is 28.9 Å². The number of hydrogen-bond acceptors (Lipinski definition) is 6. The number of nitrogens with zero attached hydrogens (tertiary/aromatic N) is 6. The third-order valence-corrected chi connectivity index (χ3v) is 3.88. The zero-order chi connectivity index (χ0) is 17.9. The van der Waals surface area contributed by atoms with E-state index in [1.807, 2.05) is 30.1 Å². The molecule has 0 aliphatic rings. The Kier molecular flexibility index (Phi) is 3.98. The molecule has 4 aromatic heterocycles. The largest absolute Gasteiger partial charge is 0.328 e. The van der Waals surface area contributed by atoms with Crippen LogP contribution in [0.5, 0.6) is 0 Å². The van der Waals surface area contributed by atoms with Crippen molar-refractivity contribution in [2.75, 3.05) is 17.3 Å². The summed E-state index contributed by atoms with van der Waals surface area (Å²) < 4.78 is 1.56. The van der Waals surface area contributed by atoms with Crippen molar-refractivity contribution in [1.82, 2.24) is 24.6 Å². The highest BCUT2D eigenvalue weighted by molar-refractivity contribution is 6.07. The van der Waals surface area contributed by atoms with Gasteiger partial charge in [-0.1, -0.05) is 6.07 Å². The van der Waals surface area contributed by atoms with Crippen molar-refractivity contribution in [3.05, 3.63) is 72.9 Å². The number of pyridine rings is 2. The second-order valence-corrected chi connectivity index (χ2v) is 5.55. The molecule has 0 radical (unpaired) electrons. The van der Waals surface area contributed by atoms with Crippen LogP contribution in [0.1, 0.15) is 10.4 Å². The molecule has 8 nitrogen and oxygen atoms in total. The lowest BCUT2D eigenvalue weighted by Crippen LogP contribution is -2.15. The average molecular weight is 345 g/mol. The van der Waals surface area contributed by atoms with Gasteiger partial charge in [0, 0.05) is 25.6 Å². The topological polar surface area (TPSA) is 88.3 Å². The minimum absolute atomic E-state index is 0.313. The van der Waals surface area contributed by atoms with Crippen LogP contribution in [0.4, 0.5) is 17.3 Å². The summed E-state index contributed by atoms with van der Waals surface area (Å²) >= 11 is 0. The van der Waals surface area contributed by atoms with Crippen LogP contribution in [0.25, 0.3) is 5.65 Å². The Morgan fingerprint density at radius 1 is 1.12 bits per heavy atom. The van der Waals surface area contributed by atoms with Crippen molar-refractivity contribution in [3.63, 3.8) is 0 Å². The zero-order valence-corrected chi connectivity index (χ0v) is 13.9. The lowest BCUT2D eigenvalue weighted by molar-refractivity contribution is 0.102. The SMILES string of the molecule is CN(c1cccnc1)c1ccn2ncc(C(=O)Nc3ccccn3)c2n1. The highest BCUT2D eigenvalue weighted by atomic mass is 16.1. The standard InChI is InChI=1S/C18H15N7O/c1-24(13-5-4-8-19-11-13)16-7-10-25-17(23-16)14(12-21-25)18(26)22-15-6-2-3-9-20-15/h2-12H,1H3,(H,20,22,26). The fourth-order valence-corrected chi connectivity index (χ4v) is 2.51. The van der Waals surface area contributed by atoms with Crippen molar-refractivity contribution in [2.45, 2.75) is 0 Å². The lowest BCUT2D eigenvalue weighted by Gasteiger charge is -2.17. The van der Waals surface area contributed by atoms with Gasteiger partial charge in [-0.05, 0) is 30.3 Å². The average Bonchev–Trinajstić information content (AvgIpc) is 3.12. The van der Waals surface area contributed by atoms with Crippen LogP contribution >= 0.6 is 0 Å². The maximum atomic E-state index is 12.6. The minimum atomic E-state index is -0.313. The van der Waals surface area contributed by atoms with Crippen molar-refractivity contribution < 1.29 is 4.79 Å². The number of fused-ring (bicyclic) bond motifs is 1. The molecule has 0 unspecified atom stereocenters. The smallest absolute Gasteiger partial charge is 0.262 e. The molecule has 8 heteroatoms. The summed E-state index contributed by atoms with van der Waals surface area (Å²) in [6.07, 6.45) is 8.34. The van der Waals surface area contributed by atoms with Gasteiger partial charge in [-0.25, -0.2) is 14.5 Å². The number of rotatable bonds is 4. The molecule has 0 fully saturated rings. The molecule has 4 rings (SSSR count). The van der Waals surface area contributed by atoms with E-state index in [4.69, 9.17) is 0 Å². The summed E-state index contributed by atoms with van der Waals surface area (Å²) in [5, 5.41) is 6.95. The molecule has 1 amide bonds. The molecule has 0 aromatic carbocycles. The van der Waals surface area contributed by atoms with E-state index in [1.165, 1.54) is 6.20 Å². The Hall–Kier alpha value is -3.81. The second kappa shape index (κ2) is 6.60. The third-order valence-electron chi connectivity index (χ3n) is 3.88. The van der Waals surface area contributed by atoms with Gasteiger partial charge < -0.3 is 10.2 Å². The monoisotopic (exact) mass is 345 g/mol.